The van der Waals surface area contributed by atoms with Gasteiger partial charge in [-0.05, 0) is 31.2 Å². The number of anilines is 1. The zero-order chi connectivity index (χ0) is 26.4. The van der Waals surface area contributed by atoms with Gasteiger partial charge >= 0.3 is 12.4 Å². The summed E-state index contributed by atoms with van der Waals surface area (Å²) in [6.07, 6.45) is -6.55. The number of hydrogen-bond donors (Lipinski definition) is 1. The molecule has 1 atom stereocenters. The van der Waals surface area contributed by atoms with E-state index >= 15 is 0 Å². The summed E-state index contributed by atoms with van der Waals surface area (Å²) in [6, 6.07) is 3.12. The standard InChI is InChI=1S/C21H16F6N8S/c1-10(17-32-9-33-35(17)19-12(16(28)36)4-3-5-29-19)34(2)18-13-6-11(20(22,23)24)7-14(21(25,26)27)15(13)30-8-31-18/h3-10H,1-2H3,(H2,28,36)/t10-/m0/s1. The smallest absolute Gasteiger partial charge is 0.389 e. The molecule has 2 N–H and O–H groups in total. The van der Waals surface area contributed by atoms with E-state index < -0.39 is 40.4 Å². The Bertz CT molecular complexity index is 1450. The molecule has 0 bridgehead atoms. The van der Waals surface area contributed by atoms with Crippen LogP contribution in [-0.4, -0.2) is 41.8 Å². The number of nitrogens with two attached hydrogens (primary N) is 1. The largest absolute Gasteiger partial charge is 0.418 e. The van der Waals surface area contributed by atoms with Crippen LogP contribution in [0.5, 0.6) is 0 Å². The van der Waals surface area contributed by atoms with Gasteiger partial charge in [0.1, 0.15) is 23.5 Å². The summed E-state index contributed by atoms with van der Waals surface area (Å²) in [7, 11) is 1.45. The Morgan fingerprint density at radius 1 is 1.03 bits per heavy atom. The van der Waals surface area contributed by atoms with Crippen LogP contribution in [0.1, 0.15) is 35.5 Å². The van der Waals surface area contributed by atoms with Gasteiger partial charge in [-0.25, -0.2) is 19.9 Å². The number of alkyl halides is 6. The van der Waals surface area contributed by atoms with Crippen LogP contribution < -0.4 is 10.6 Å². The molecule has 0 radical (unpaired) electrons. The fourth-order valence-electron chi connectivity index (χ4n) is 3.63. The second-order valence-corrected chi connectivity index (χ2v) is 8.11. The maximum atomic E-state index is 13.7. The third-order valence-electron chi connectivity index (χ3n) is 5.47. The molecule has 0 amide bonds. The average molecular weight is 526 g/mol. The van der Waals surface area contributed by atoms with Crippen molar-refractivity contribution >= 4 is 33.9 Å². The fraction of sp³-hybridized carbons (Fsp3) is 0.238. The summed E-state index contributed by atoms with van der Waals surface area (Å²) in [5.74, 6) is 0.335. The highest BCUT2D eigenvalue weighted by molar-refractivity contribution is 7.80. The Morgan fingerprint density at radius 2 is 1.75 bits per heavy atom. The van der Waals surface area contributed by atoms with Crippen molar-refractivity contribution in [3.8, 4) is 5.82 Å². The van der Waals surface area contributed by atoms with Crippen LogP contribution in [0.25, 0.3) is 16.7 Å². The number of pyridine rings is 1. The molecule has 15 heteroatoms. The van der Waals surface area contributed by atoms with Crippen LogP contribution in [0, 0.1) is 0 Å². The second kappa shape index (κ2) is 8.96. The number of halogens is 6. The van der Waals surface area contributed by atoms with Crippen molar-refractivity contribution in [2.75, 3.05) is 11.9 Å². The first kappa shape index (κ1) is 25.2. The van der Waals surface area contributed by atoms with Crippen molar-refractivity contribution in [2.45, 2.75) is 25.3 Å². The van der Waals surface area contributed by atoms with Crippen molar-refractivity contribution < 1.29 is 26.3 Å². The lowest BCUT2D eigenvalue weighted by atomic mass is 10.0. The van der Waals surface area contributed by atoms with E-state index in [0.29, 0.717) is 11.6 Å². The highest BCUT2D eigenvalue weighted by atomic mass is 32.1. The van der Waals surface area contributed by atoms with Crippen molar-refractivity contribution in [2.24, 2.45) is 5.73 Å². The van der Waals surface area contributed by atoms with E-state index in [1.165, 1.54) is 29.2 Å². The SMILES string of the molecule is C[C@@H](c1ncnn1-c1ncccc1C(N)=S)N(C)c1ncnc2c(C(F)(F)F)cc(C(F)(F)F)cc12. The van der Waals surface area contributed by atoms with E-state index in [1.807, 2.05) is 0 Å². The van der Waals surface area contributed by atoms with Crippen LogP contribution in [0.3, 0.4) is 0 Å². The van der Waals surface area contributed by atoms with Gasteiger partial charge in [0.05, 0.1) is 28.2 Å². The number of fused-ring (bicyclic) bond motifs is 1. The van der Waals surface area contributed by atoms with Crippen LogP contribution in [0.15, 0.2) is 43.1 Å². The summed E-state index contributed by atoms with van der Waals surface area (Å²) in [5.41, 5.74) is 2.51. The van der Waals surface area contributed by atoms with E-state index in [-0.39, 0.29) is 28.5 Å². The summed E-state index contributed by atoms with van der Waals surface area (Å²) in [6.45, 7) is 1.62. The molecule has 0 saturated carbocycles. The number of hydrogen-bond acceptors (Lipinski definition) is 7. The van der Waals surface area contributed by atoms with Gasteiger partial charge in [0.2, 0.25) is 0 Å². The third kappa shape index (κ3) is 4.53. The predicted molar refractivity (Wildman–Crippen MR) is 121 cm³/mol. The van der Waals surface area contributed by atoms with Crippen molar-refractivity contribution in [3.63, 3.8) is 0 Å². The lowest BCUT2D eigenvalue weighted by molar-refractivity contribution is -0.142. The van der Waals surface area contributed by atoms with Gasteiger partial charge in [-0.3, -0.25) is 0 Å². The van der Waals surface area contributed by atoms with Crippen LogP contribution in [0.2, 0.25) is 0 Å². The van der Waals surface area contributed by atoms with Gasteiger partial charge in [-0.1, -0.05) is 12.2 Å². The molecule has 0 saturated heterocycles. The molecule has 188 valence electrons. The molecule has 8 nitrogen and oxygen atoms in total. The number of benzene rings is 1. The maximum absolute atomic E-state index is 13.7. The minimum Gasteiger partial charge on any atom is -0.389 e. The molecule has 3 heterocycles. The molecule has 0 spiro atoms. The molecule has 0 unspecified atom stereocenters. The van der Waals surface area contributed by atoms with E-state index in [2.05, 4.69) is 25.0 Å². The van der Waals surface area contributed by atoms with Gasteiger partial charge in [0.25, 0.3) is 0 Å². The van der Waals surface area contributed by atoms with E-state index in [0.717, 1.165) is 6.33 Å². The molecule has 36 heavy (non-hydrogen) atoms. The van der Waals surface area contributed by atoms with E-state index in [4.69, 9.17) is 18.0 Å². The van der Waals surface area contributed by atoms with Gasteiger partial charge in [-0.2, -0.15) is 36.1 Å². The fourth-order valence-corrected chi connectivity index (χ4v) is 3.79. The Morgan fingerprint density at radius 3 is 2.39 bits per heavy atom. The molecule has 0 fully saturated rings. The van der Waals surface area contributed by atoms with Gasteiger partial charge in [0.15, 0.2) is 11.6 Å². The second-order valence-electron chi connectivity index (χ2n) is 7.67. The number of rotatable bonds is 5. The molecule has 0 aliphatic carbocycles. The lowest BCUT2D eigenvalue weighted by Gasteiger charge is -2.27. The first-order valence-electron chi connectivity index (χ1n) is 10.1. The highest BCUT2D eigenvalue weighted by Crippen LogP contribution is 2.41. The minimum atomic E-state index is -5.08. The minimum absolute atomic E-state index is 0.0392. The zero-order valence-electron chi connectivity index (χ0n) is 18.5. The summed E-state index contributed by atoms with van der Waals surface area (Å²) in [4.78, 5) is 17.5. The Labute approximate surface area is 204 Å². The zero-order valence-corrected chi connectivity index (χ0v) is 19.3. The van der Waals surface area contributed by atoms with Crippen LogP contribution in [0.4, 0.5) is 32.2 Å². The molecular weight excluding hydrogens is 510 g/mol. The summed E-state index contributed by atoms with van der Waals surface area (Å²) >= 11 is 5.06. The first-order valence-corrected chi connectivity index (χ1v) is 10.5. The molecule has 4 aromatic rings. The topological polar surface area (TPSA) is 98.6 Å². The molecule has 0 aliphatic heterocycles. The van der Waals surface area contributed by atoms with Crippen LogP contribution >= 0.6 is 12.2 Å². The highest BCUT2D eigenvalue weighted by Gasteiger charge is 2.39. The molecule has 1 aromatic carbocycles. The maximum Gasteiger partial charge on any atom is 0.418 e. The van der Waals surface area contributed by atoms with E-state index in [1.54, 1.807) is 19.1 Å². The number of thiocarbonyl (C=S) groups is 1. The molecule has 3 aromatic heterocycles. The third-order valence-corrected chi connectivity index (χ3v) is 5.69. The predicted octanol–water partition coefficient (Wildman–Crippen LogP) is 4.47. The summed E-state index contributed by atoms with van der Waals surface area (Å²) in [5, 5.41) is 3.72. The quantitative estimate of drug-likeness (QED) is 0.300. The Kier molecular flexibility index (Phi) is 6.28. The number of aromatic nitrogens is 6. The van der Waals surface area contributed by atoms with Gasteiger partial charge < -0.3 is 10.6 Å². The molecular formula is C21H16F6N8S. The van der Waals surface area contributed by atoms with Gasteiger partial charge in [-0.15, -0.1) is 0 Å². The molecule has 4 rings (SSSR count). The lowest BCUT2D eigenvalue weighted by Crippen LogP contribution is -2.27. The molecule has 0 aliphatic rings. The number of nitrogens with zero attached hydrogens (tertiary/aromatic N) is 7. The van der Waals surface area contributed by atoms with Crippen molar-refractivity contribution in [1.82, 2.24) is 29.7 Å². The van der Waals surface area contributed by atoms with Gasteiger partial charge in [0, 0.05) is 18.6 Å². The van der Waals surface area contributed by atoms with Crippen molar-refractivity contribution in [3.05, 3.63) is 65.6 Å². The van der Waals surface area contributed by atoms with E-state index in [9.17, 15) is 26.3 Å². The monoisotopic (exact) mass is 526 g/mol. The van der Waals surface area contributed by atoms with Crippen LogP contribution in [-0.2, 0) is 12.4 Å². The Balaban J connectivity index is 1.87. The Hall–Kier alpha value is -3.88. The average Bonchev–Trinajstić information content (AvgIpc) is 3.30. The normalized spacial score (nSPS) is 13.1. The summed E-state index contributed by atoms with van der Waals surface area (Å²) < 4.78 is 82.7. The first-order chi connectivity index (χ1) is 16.8. The van der Waals surface area contributed by atoms with Crippen molar-refractivity contribution in [1.29, 1.82) is 0 Å².